The molecule has 2 heterocycles. The lowest BCUT2D eigenvalue weighted by atomic mass is 9.88. The van der Waals surface area contributed by atoms with Gasteiger partial charge in [0.2, 0.25) is 0 Å². The Kier molecular flexibility index (Phi) is 7.59. The average Bonchev–Trinajstić information content (AvgIpc) is 3.25. The number of aldehydes is 1. The summed E-state index contributed by atoms with van der Waals surface area (Å²) in [7, 11) is 1.63. The SMILES string of the molecule is COCCn1cc(C(=O)N2CCC(c3cc(CN)ccc3F)CC2)c2c(OCC=O)cccc21. The second-order valence-electron chi connectivity index (χ2n) is 8.48. The van der Waals surface area contributed by atoms with Gasteiger partial charge < -0.3 is 24.7 Å². The summed E-state index contributed by atoms with van der Waals surface area (Å²) in [5.74, 6) is 0.225. The molecule has 8 heteroatoms. The van der Waals surface area contributed by atoms with Crippen molar-refractivity contribution in [1.82, 2.24) is 9.47 Å². The highest BCUT2D eigenvalue weighted by Crippen LogP contribution is 2.34. The fourth-order valence-corrected chi connectivity index (χ4v) is 4.70. The predicted molar refractivity (Wildman–Crippen MR) is 128 cm³/mol. The molecule has 3 aromatic rings. The molecule has 1 fully saturated rings. The Morgan fingerprint density at radius 3 is 2.74 bits per heavy atom. The molecular weight excluding hydrogens is 437 g/mol. The Labute approximate surface area is 198 Å². The molecule has 1 amide bonds. The summed E-state index contributed by atoms with van der Waals surface area (Å²) in [6.07, 6.45) is 3.86. The number of carbonyl (C=O) groups excluding carboxylic acids is 2. The number of ether oxygens (including phenoxy) is 2. The number of rotatable bonds is 9. The number of hydrogen-bond donors (Lipinski definition) is 1. The molecule has 7 nitrogen and oxygen atoms in total. The fourth-order valence-electron chi connectivity index (χ4n) is 4.70. The lowest BCUT2D eigenvalue weighted by Crippen LogP contribution is -2.38. The number of amides is 1. The third-order valence-electron chi connectivity index (χ3n) is 6.46. The molecule has 0 spiro atoms. The maximum Gasteiger partial charge on any atom is 0.256 e. The van der Waals surface area contributed by atoms with E-state index in [1.807, 2.05) is 33.9 Å². The average molecular weight is 468 g/mol. The van der Waals surface area contributed by atoms with Crippen molar-refractivity contribution in [3.05, 3.63) is 65.1 Å². The van der Waals surface area contributed by atoms with Crippen molar-refractivity contribution in [2.75, 3.05) is 33.4 Å². The highest BCUT2D eigenvalue weighted by molar-refractivity contribution is 6.09. The van der Waals surface area contributed by atoms with Gasteiger partial charge in [0, 0.05) is 39.5 Å². The number of likely N-dealkylation sites (tertiary alicyclic amines) is 1. The molecule has 2 N–H and O–H groups in total. The van der Waals surface area contributed by atoms with Gasteiger partial charge in [-0.1, -0.05) is 18.2 Å². The van der Waals surface area contributed by atoms with E-state index in [0.29, 0.717) is 74.2 Å². The maximum absolute atomic E-state index is 14.5. The van der Waals surface area contributed by atoms with Crippen LogP contribution in [0.1, 0.15) is 40.2 Å². The Bertz CT molecular complexity index is 1170. The minimum atomic E-state index is -0.222. The summed E-state index contributed by atoms with van der Waals surface area (Å²) in [5.41, 5.74) is 8.69. The van der Waals surface area contributed by atoms with Crippen LogP contribution < -0.4 is 10.5 Å². The maximum atomic E-state index is 14.5. The first-order chi connectivity index (χ1) is 16.6. The first-order valence-corrected chi connectivity index (χ1v) is 11.5. The van der Waals surface area contributed by atoms with Gasteiger partial charge in [-0.2, -0.15) is 0 Å². The molecule has 180 valence electrons. The van der Waals surface area contributed by atoms with Crippen LogP contribution in [-0.4, -0.2) is 55.1 Å². The highest BCUT2D eigenvalue weighted by Gasteiger charge is 2.29. The van der Waals surface area contributed by atoms with E-state index in [-0.39, 0.29) is 24.2 Å². The van der Waals surface area contributed by atoms with Gasteiger partial charge in [0.25, 0.3) is 5.91 Å². The van der Waals surface area contributed by atoms with Gasteiger partial charge in [0.1, 0.15) is 18.2 Å². The van der Waals surface area contributed by atoms with Crippen LogP contribution in [0.2, 0.25) is 0 Å². The van der Waals surface area contributed by atoms with Crippen LogP contribution in [0.25, 0.3) is 10.9 Å². The molecular formula is C26H30FN3O4. The second kappa shape index (κ2) is 10.8. The molecule has 1 aliphatic heterocycles. The van der Waals surface area contributed by atoms with E-state index in [0.717, 1.165) is 11.1 Å². The minimum absolute atomic E-state index is 0.0464. The predicted octanol–water partition coefficient (Wildman–Crippen LogP) is 3.48. The van der Waals surface area contributed by atoms with Crippen molar-refractivity contribution in [1.29, 1.82) is 0 Å². The summed E-state index contributed by atoms with van der Waals surface area (Å²) >= 11 is 0. The molecule has 1 saturated heterocycles. The number of hydrogen-bond acceptors (Lipinski definition) is 5. The first kappa shape index (κ1) is 23.9. The molecule has 0 saturated carbocycles. The number of carbonyl (C=O) groups is 2. The van der Waals surface area contributed by atoms with Gasteiger partial charge in [-0.25, -0.2) is 4.39 Å². The van der Waals surface area contributed by atoms with E-state index in [1.54, 1.807) is 19.2 Å². The number of benzene rings is 2. The van der Waals surface area contributed by atoms with Crippen molar-refractivity contribution in [2.24, 2.45) is 5.73 Å². The lowest BCUT2D eigenvalue weighted by molar-refractivity contribution is -0.109. The number of piperidine rings is 1. The van der Waals surface area contributed by atoms with E-state index in [9.17, 15) is 14.0 Å². The normalized spacial score (nSPS) is 14.5. The van der Waals surface area contributed by atoms with Crippen LogP contribution >= 0.6 is 0 Å². The van der Waals surface area contributed by atoms with Crippen molar-refractivity contribution < 1.29 is 23.5 Å². The molecule has 1 aliphatic rings. The van der Waals surface area contributed by atoms with Gasteiger partial charge in [-0.3, -0.25) is 9.59 Å². The zero-order valence-electron chi connectivity index (χ0n) is 19.3. The molecule has 0 unspecified atom stereocenters. The Morgan fingerprint density at radius 2 is 2.03 bits per heavy atom. The fraction of sp³-hybridized carbons (Fsp3) is 0.385. The largest absolute Gasteiger partial charge is 0.485 e. The molecule has 0 radical (unpaired) electrons. The van der Waals surface area contributed by atoms with Gasteiger partial charge in [-0.15, -0.1) is 0 Å². The van der Waals surface area contributed by atoms with E-state index in [4.69, 9.17) is 15.2 Å². The number of methoxy groups -OCH3 is 1. The second-order valence-corrected chi connectivity index (χ2v) is 8.48. The first-order valence-electron chi connectivity index (χ1n) is 11.5. The topological polar surface area (TPSA) is 86.8 Å². The standard InChI is InChI=1S/C26H30FN3O4/c1-33-13-11-30-17-21(25-23(30)3-2-4-24(25)34-14-12-31)26(32)29-9-7-19(8-10-29)20-15-18(16-28)5-6-22(20)27/h2-6,12,15,17,19H,7-11,13-14,16,28H2,1H3. The van der Waals surface area contributed by atoms with Crippen molar-refractivity contribution in [3.8, 4) is 5.75 Å². The number of nitrogens with two attached hydrogens (primary N) is 1. The van der Waals surface area contributed by atoms with Crippen LogP contribution in [0.5, 0.6) is 5.75 Å². The van der Waals surface area contributed by atoms with Crippen molar-refractivity contribution >= 4 is 23.1 Å². The number of nitrogens with zero attached hydrogens (tertiary/aromatic N) is 2. The van der Waals surface area contributed by atoms with Gasteiger partial charge in [0.05, 0.1) is 23.1 Å². The molecule has 34 heavy (non-hydrogen) atoms. The molecule has 1 aromatic heterocycles. The van der Waals surface area contributed by atoms with Crippen LogP contribution in [0, 0.1) is 5.82 Å². The number of halogens is 1. The van der Waals surface area contributed by atoms with Crippen LogP contribution in [-0.2, 0) is 22.6 Å². The van der Waals surface area contributed by atoms with E-state index in [2.05, 4.69) is 0 Å². The van der Waals surface area contributed by atoms with Gasteiger partial charge in [0.15, 0.2) is 6.29 Å². The van der Waals surface area contributed by atoms with E-state index >= 15 is 0 Å². The summed E-state index contributed by atoms with van der Waals surface area (Å²) in [4.78, 5) is 26.3. The minimum Gasteiger partial charge on any atom is -0.485 e. The van der Waals surface area contributed by atoms with Crippen molar-refractivity contribution in [2.45, 2.75) is 31.8 Å². The molecule has 0 aliphatic carbocycles. The van der Waals surface area contributed by atoms with Gasteiger partial charge >= 0.3 is 0 Å². The molecule has 0 atom stereocenters. The zero-order chi connectivity index (χ0) is 24.1. The number of fused-ring (bicyclic) bond motifs is 1. The van der Waals surface area contributed by atoms with E-state index in [1.165, 1.54) is 6.07 Å². The monoisotopic (exact) mass is 467 g/mol. The summed E-state index contributed by atoms with van der Waals surface area (Å²) in [5, 5.41) is 0.689. The Hall–Kier alpha value is -3.23. The smallest absolute Gasteiger partial charge is 0.256 e. The number of aromatic nitrogens is 1. The molecule has 4 rings (SSSR count). The van der Waals surface area contributed by atoms with Gasteiger partial charge in [-0.05, 0) is 48.1 Å². The lowest BCUT2D eigenvalue weighted by Gasteiger charge is -2.32. The Morgan fingerprint density at radius 1 is 1.24 bits per heavy atom. The quantitative estimate of drug-likeness (QED) is 0.487. The van der Waals surface area contributed by atoms with Crippen LogP contribution in [0.4, 0.5) is 4.39 Å². The summed E-state index contributed by atoms with van der Waals surface area (Å²) < 4.78 is 27.3. The van der Waals surface area contributed by atoms with E-state index < -0.39 is 0 Å². The Balaban J connectivity index is 1.59. The third kappa shape index (κ3) is 4.83. The molecule has 2 aromatic carbocycles. The third-order valence-corrected chi connectivity index (χ3v) is 6.46. The van der Waals surface area contributed by atoms with Crippen LogP contribution in [0.3, 0.4) is 0 Å². The summed E-state index contributed by atoms with van der Waals surface area (Å²) in [6.45, 7) is 2.41. The molecule has 0 bridgehead atoms. The summed E-state index contributed by atoms with van der Waals surface area (Å²) in [6, 6.07) is 10.6. The highest BCUT2D eigenvalue weighted by atomic mass is 19.1. The zero-order valence-corrected chi connectivity index (χ0v) is 19.3. The van der Waals surface area contributed by atoms with Crippen molar-refractivity contribution in [3.63, 3.8) is 0 Å². The van der Waals surface area contributed by atoms with Crippen LogP contribution in [0.15, 0.2) is 42.6 Å².